The summed E-state index contributed by atoms with van der Waals surface area (Å²) in [4.78, 5) is 0. The zero-order chi connectivity index (χ0) is 18.0. The Labute approximate surface area is 136 Å². The van der Waals surface area contributed by atoms with Crippen molar-refractivity contribution in [2.75, 3.05) is 0 Å². The van der Waals surface area contributed by atoms with Crippen LogP contribution in [0.15, 0.2) is 54.6 Å². The number of halogens is 4. The predicted octanol–water partition coefficient (Wildman–Crippen LogP) is 3.49. The Morgan fingerprint density at radius 3 is 1.96 bits per heavy atom. The summed E-state index contributed by atoms with van der Waals surface area (Å²) in [5, 5.41) is 20.4. The van der Waals surface area contributed by atoms with Gasteiger partial charge in [0.1, 0.15) is 11.4 Å². The zero-order valence-corrected chi connectivity index (χ0v) is 12.6. The van der Waals surface area contributed by atoms with Gasteiger partial charge in [0.2, 0.25) is 5.60 Å². The molecule has 0 bridgehead atoms. The van der Waals surface area contributed by atoms with Gasteiger partial charge in [-0.2, -0.15) is 13.2 Å². The summed E-state index contributed by atoms with van der Waals surface area (Å²) in [5.74, 6) is 3.07. The van der Waals surface area contributed by atoms with Crippen LogP contribution in [0.2, 0.25) is 0 Å². The van der Waals surface area contributed by atoms with Crippen molar-refractivity contribution in [3.05, 3.63) is 71.5 Å². The summed E-state index contributed by atoms with van der Waals surface area (Å²) in [5.41, 5.74) is -6.02. The van der Waals surface area contributed by atoms with E-state index in [0.29, 0.717) is 0 Å². The highest BCUT2D eigenvalue weighted by Gasteiger charge is 2.54. The lowest BCUT2D eigenvalue weighted by Gasteiger charge is -2.26. The molecule has 2 rings (SSSR count). The largest absolute Gasteiger partial charge is 0.433 e. The van der Waals surface area contributed by atoms with Gasteiger partial charge in [-0.1, -0.05) is 54.3 Å². The molecule has 2 nitrogen and oxygen atoms in total. The lowest BCUT2D eigenvalue weighted by atomic mass is 9.90. The molecular formula is C18H14F4O2. The quantitative estimate of drug-likeness (QED) is 0.650. The van der Waals surface area contributed by atoms with Crippen molar-refractivity contribution in [1.82, 2.24) is 0 Å². The summed E-state index contributed by atoms with van der Waals surface area (Å²) in [6.45, 7) is 1.12. The van der Waals surface area contributed by atoms with Gasteiger partial charge in [-0.15, -0.1) is 0 Å². The van der Waals surface area contributed by atoms with Crippen molar-refractivity contribution < 1.29 is 27.8 Å². The van der Waals surface area contributed by atoms with E-state index in [-0.39, 0.29) is 5.56 Å². The van der Waals surface area contributed by atoms with Crippen LogP contribution < -0.4 is 0 Å². The van der Waals surface area contributed by atoms with Crippen LogP contribution in [0.25, 0.3) is 0 Å². The molecule has 2 aromatic rings. The van der Waals surface area contributed by atoms with E-state index in [9.17, 15) is 27.8 Å². The van der Waals surface area contributed by atoms with Gasteiger partial charge < -0.3 is 10.2 Å². The molecule has 0 aliphatic heterocycles. The lowest BCUT2D eigenvalue weighted by molar-refractivity contribution is -0.240. The normalized spacial score (nSPS) is 16.5. The monoisotopic (exact) mass is 338 g/mol. The molecule has 0 amide bonds. The van der Waals surface area contributed by atoms with E-state index in [0.717, 1.165) is 31.2 Å². The highest BCUT2D eigenvalue weighted by atomic mass is 19.4. The van der Waals surface area contributed by atoms with E-state index < -0.39 is 28.8 Å². The van der Waals surface area contributed by atoms with Crippen molar-refractivity contribution in [2.45, 2.75) is 24.3 Å². The Balaban J connectivity index is 2.51. The molecule has 0 heterocycles. The predicted molar refractivity (Wildman–Crippen MR) is 80.1 cm³/mol. The second-order valence-corrected chi connectivity index (χ2v) is 5.41. The molecule has 0 aromatic heterocycles. The van der Waals surface area contributed by atoms with Crippen LogP contribution in [0.1, 0.15) is 18.1 Å². The number of benzene rings is 2. The van der Waals surface area contributed by atoms with E-state index in [4.69, 9.17) is 0 Å². The molecule has 0 unspecified atom stereocenters. The Hall–Kier alpha value is -2.36. The van der Waals surface area contributed by atoms with Gasteiger partial charge >= 0.3 is 6.18 Å². The third-order valence-corrected chi connectivity index (χ3v) is 3.48. The molecule has 2 atom stereocenters. The van der Waals surface area contributed by atoms with Crippen molar-refractivity contribution in [3.63, 3.8) is 0 Å². The van der Waals surface area contributed by atoms with Crippen LogP contribution in [0, 0.1) is 17.7 Å². The third-order valence-electron chi connectivity index (χ3n) is 3.48. The van der Waals surface area contributed by atoms with E-state index >= 15 is 0 Å². The van der Waals surface area contributed by atoms with E-state index in [1.165, 1.54) is 30.3 Å². The van der Waals surface area contributed by atoms with Crippen molar-refractivity contribution >= 4 is 0 Å². The molecular weight excluding hydrogens is 324 g/mol. The van der Waals surface area contributed by atoms with Gasteiger partial charge in [0, 0.05) is 5.56 Å². The average Bonchev–Trinajstić information content (AvgIpc) is 2.52. The molecule has 126 valence electrons. The Bertz CT molecular complexity index is 773. The number of rotatable bonds is 2. The van der Waals surface area contributed by atoms with E-state index in [1.807, 2.05) is 5.92 Å². The molecule has 0 radical (unpaired) electrons. The number of hydrogen-bond donors (Lipinski definition) is 2. The molecule has 0 aliphatic carbocycles. The molecule has 0 aliphatic rings. The molecule has 6 heteroatoms. The van der Waals surface area contributed by atoms with Crippen LogP contribution >= 0.6 is 0 Å². The molecule has 24 heavy (non-hydrogen) atoms. The molecule has 2 aromatic carbocycles. The first kappa shape index (κ1) is 18.0. The van der Waals surface area contributed by atoms with E-state index in [2.05, 4.69) is 0 Å². The maximum Gasteiger partial charge on any atom is 0.433 e. The summed E-state index contributed by atoms with van der Waals surface area (Å²) in [6.07, 6.45) is -5.08. The minimum atomic E-state index is -5.08. The second kappa shape index (κ2) is 6.27. The molecule has 0 fully saturated rings. The fourth-order valence-electron chi connectivity index (χ4n) is 2.06. The summed E-state index contributed by atoms with van der Waals surface area (Å²) in [6, 6.07) is 11.0. The van der Waals surface area contributed by atoms with Crippen molar-refractivity contribution in [2.24, 2.45) is 0 Å². The summed E-state index contributed by atoms with van der Waals surface area (Å²) < 4.78 is 53.3. The SMILES string of the molecule is C[C@](O)(C#C[C@](O)(c1ccccc1)C(F)(F)F)c1cccc(F)c1. The van der Waals surface area contributed by atoms with Crippen LogP contribution in [-0.4, -0.2) is 16.4 Å². The Morgan fingerprint density at radius 2 is 1.42 bits per heavy atom. The fraction of sp³-hybridized carbons (Fsp3) is 0.222. The third kappa shape index (κ3) is 3.58. The molecule has 2 N–H and O–H groups in total. The topological polar surface area (TPSA) is 40.5 Å². The first-order valence-corrected chi connectivity index (χ1v) is 6.94. The van der Waals surface area contributed by atoms with Gasteiger partial charge in [0.25, 0.3) is 0 Å². The first-order valence-electron chi connectivity index (χ1n) is 6.94. The second-order valence-electron chi connectivity index (χ2n) is 5.41. The van der Waals surface area contributed by atoms with Crippen LogP contribution in [-0.2, 0) is 11.2 Å². The molecule has 0 spiro atoms. The van der Waals surface area contributed by atoms with Gasteiger partial charge in [0.05, 0.1) is 0 Å². The Morgan fingerprint density at radius 1 is 0.833 bits per heavy atom. The van der Waals surface area contributed by atoms with Gasteiger partial charge in [-0.05, 0) is 24.6 Å². The zero-order valence-electron chi connectivity index (χ0n) is 12.6. The Kier molecular flexibility index (Phi) is 4.70. The summed E-state index contributed by atoms with van der Waals surface area (Å²) >= 11 is 0. The average molecular weight is 338 g/mol. The highest BCUT2D eigenvalue weighted by Crippen LogP contribution is 2.38. The molecule has 0 saturated carbocycles. The first-order chi connectivity index (χ1) is 11.1. The number of aliphatic hydroxyl groups is 2. The fourth-order valence-corrected chi connectivity index (χ4v) is 2.06. The van der Waals surface area contributed by atoms with Crippen LogP contribution in [0.4, 0.5) is 17.6 Å². The number of alkyl halides is 3. The van der Waals surface area contributed by atoms with Gasteiger partial charge in [-0.3, -0.25) is 0 Å². The minimum absolute atomic E-state index is 0.0208. The molecule has 0 saturated heterocycles. The van der Waals surface area contributed by atoms with Crippen molar-refractivity contribution in [3.8, 4) is 11.8 Å². The maximum absolute atomic E-state index is 13.3. The van der Waals surface area contributed by atoms with Crippen LogP contribution in [0.3, 0.4) is 0 Å². The highest BCUT2D eigenvalue weighted by molar-refractivity contribution is 5.38. The standard InChI is InChI=1S/C18H14F4O2/c1-16(23,14-8-5-9-15(19)12-14)10-11-17(24,18(20,21)22)13-6-3-2-4-7-13/h2-9,12,23-24H,1H3/t16-,17-/m0/s1. The van der Waals surface area contributed by atoms with Crippen LogP contribution in [0.5, 0.6) is 0 Å². The smallest absolute Gasteiger partial charge is 0.374 e. The van der Waals surface area contributed by atoms with Gasteiger partial charge in [-0.25, -0.2) is 4.39 Å². The van der Waals surface area contributed by atoms with Gasteiger partial charge in [0.15, 0.2) is 0 Å². The lowest BCUT2D eigenvalue weighted by Crippen LogP contribution is -2.41. The number of hydrogen-bond acceptors (Lipinski definition) is 2. The summed E-state index contributed by atoms with van der Waals surface area (Å²) in [7, 11) is 0. The van der Waals surface area contributed by atoms with E-state index in [1.54, 1.807) is 5.92 Å². The van der Waals surface area contributed by atoms with Crippen molar-refractivity contribution in [1.29, 1.82) is 0 Å². The maximum atomic E-state index is 13.3. The minimum Gasteiger partial charge on any atom is -0.374 e.